The summed E-state index contributed by atoms with van der Waals surface area (Å²) in [5.74, 6) is -0.328. The van der Waals surface area contributed by atoms with Gasteiger partial charge in [-0.25, -0.2) is 4.79 Å². The van der Waals surface area contributed by atoms with Crippen molar-refractivity contribution >= 4 is 23.0 Å². The molecule has 0 radical (unpaired) electrons. The van der Waals surface area contributed by atoms with Crippen LogP contribution in [0.4, 0.5) is 4.79 Å². The van der Waals surface area contributed by atoms with Crippen molar-refractivity contribution in [3.05, 3.63) is 0 Å². The summed E-state index contributed by atoms with van der Waals surface area (Å²) >= 11 is -2.56. The molecule has 0 heterocycles. The lowest BCUT2D eigenvalue weighted by Gasteiger charge is -2.24. The number of ether oxygens (including phenoxy) is 1. The summed E-state index contributed by atoms with van der Waals surface area (Å²) in [5, 5.41) is 0.866. The molecule has 0 aliphatic rings. The van der Waals surface area contributed by atoms with Crippen molar-refractivity contribution in [3.8, 4) is 0 Å². The minimum absolute atomic E-state index is 0.268. The van der Waals surface area contributed by atoms with Gasteiger partial charge in [0, 0.05) is 6.42 Å². The minimum Gasteiger partial charge on any atom is -0.771 e. The molecule has 1 amide bonds. The molecular weight excluding hydrogens is 234 g/mol. The molecule has 7 heteroatoms. The fourth-order valence-electron chi connectivity index (χ4n) is 0.867. The fourth-order valence-corrected chi connectivity index (χ4v) is 1.43. The van der Waals surface area contributed by atoms with Gasteiger partial charge >= 0.3 is 6.09 Å². The van der Waals surface area contributed by atoms with Gasteiger partial charge in [0.05, 0.1) is 0 Å². The van der Waals surface area contributed by atoms with E-state index in [-0.39, 0.29) is 12.2 Å². The second-order valence-electron chi connectivity index (χ2n) is 4.30. The Labute approximate surface area is 97.0 Å². The third kappa shape index (κ3) is 7.36. The molecule has 0 aromatic heterocycles. The van der Waals surface area contributed by atoms with Crippen LogP contribution in [0.2, 0.25) is 0 Å². The topological polar surface area (TPSA) is 95.5 Å². The molecular formula is C9H16NO5S-. The number of amides is 1. The van der Waals surface area contributed by atoms with Gasteiger partial charge in [0.15, 0.2) is 0 Å². The number of Topliss-reactive ketones (excluding diaryl/α,β-unsaturated/α-hetero) is 1. The molecule has 0 rings (SSSR count). The van der Waals surface area contributed by atoms with Gasteiger partial charge in [-0.1, -0.05) is 0 Å². The van der Waals surface area contributed by atoms with E-state index in [1.807, 2.05) is 0 Å². The number of ketones is 1. The van der Waals surface area contributed by atoms with Crippen molar-refractivity contribution in [1.29, 1.82) is 0 Å². The van der Waals surface area contributed by atoms with Crippen molar-refractivity contribution in [2.45, 2.75) is 45.1 Å². The Morgan fingerprint density at radius 1 is 1.44 bits per heavy atom. The summed E-state index contributed by atoms with van der Waals surface area (Å²) in [6.45, 7) is 6.21. The van der Waals surface area contributed by atoms with Crippen LogP contribution in [0.1, 0.15) is 34.1 Å². The molecule has 16 heavy (non-hydrogen) atoms. The van der Waals surface area contributed by atoms with E-state index in [2.05, 4.69) is 5.32 Å². The molecule has 0 spiro atoms. The number of carbonyl (C=O) groups excluding carboxylic acids is 2. The third-order valence-electron chi connectivity index (χ3n) is 1.38. The first-order valence-corrected chi connectivity index (χ1v) is 5.82. The van der Waals surface area contributed by atoms with Gasteiger partial charge in [0.1, 0.15) is 16.8 Å². The van der Waals surface area contributed by atoms with Crippen molar-refractivity contribution in [1.82, 2.24) is 5.32 Å². The highest BCUT2D eigenvalue weighted by Crippen LogP contribution is 2.07. The van der Waals surface area contributed by atoms with Crippen molar-refractivity contribution < 1.29 is 23.1 Å². The van der Waals surface area contributed by atoms with Crippen molar-refractivity contribution in [3.63, 3.8) is 0 Å². The maximum Gasteiger partial charge on any atom is 0.408 e. The van der Waals surface area contributed by atoms with E-state index in [1.165, 1.54) is 6.92 Å². The van der Waals surface area contributed by atoms with Crippen LogP contribution < -0.4 is 5.32 Å². The molecule has 0 aliphatic heterocycles. The van der Waals surface area contributed by atoms with E-state index in [4.69, 9.17) is 4.74 Å². The van der Waals surface area contributed by atoms with E-state index in [9.17, 15) is 18.4 Å². The third-order valence-corrected chi connectivity index (χ3v) is 2.13. The van der Waals surface area contributed by atoms with Gasteiger partial charge < -0.3 is 14.6 Å². The maximum atomic E-state index is 11.2. The van der Waals surface area contributed by atoms with E-state index < -0.39 is 28.1 Å². The molecule has 0 aliphatic carbocycles. The van der Waals surface area contributed by atoms with Gasteiger partial charge in [-0.05, 0) is 38.8 Å². The van der Waals surface area contributed by atoms with Crippen LogP contribution in [0.15, 0.2) is 0 Å². The van der Waals surface area contributed by atoms with Crippen LogP contribution in [0.3, 0.4) is 0 Å². The number of alkyl carbamates (subject to hydrolysis) is 1. The molecule has 0 saturated heterocycles. The standard InChI is InChI=1S/C9H17NO5S/c1-6(11)5-7(16(13)14)10-8(12)15-9(2,3)4/h7H,5H2,1-4H3,(H,10,12)(H,13,14)/p-1. The normalized spacial score (nSPS) is 15.1. The van der Waals surface area contributed by atoms with Gasteiger partial charge in [-0.2, -0.15) is 0 Å². The highest BCUT2D eigenvalue weighted by atomic mass is 32.2. The highest BCUT2D eigenvalue weighted by Gasteiger charge is 2.20. The number of carbonyl (C=O) groups is 2. The van der Waals surface area contributed by atoms with Crippen LogP contribution >= 0.6 is 0 Å². The minimum atomic E-state index is -2.56. The molecule has 2 atom stereocenters. The van der Waals surface area contributed by atoms with Gasteiger partial charge in [0.25, 0.3) is 0 Å². The summed E-state index contributed by atoms with van der Waals surface area (Å²) in [4.78, 5) is 22.0. The van der Waals surface area contributed by atoms with Crippen LogP contribution in [0.5, 0.6) is 0 Å². The zero-order valence-electron chi connectivity index (χ0n) is 9.73. The lowest BCUT2D eigenvalue weighted by molar-refractivity contribution is -0.117. The second-order valence-corrected chi connectivity index (χ2v) is 5.39. The van der Waals surface area contributed by atoms with E-state index in [1.54, 1.807) is 20.8 Å². The quantitative estimate of drug-likeness (QED) is 0.741. The van der Waals surface area contributed by atoms with Crippen LogP contribution in [0.25, 0.3) is 0 Å². The van der Waals surface area contributed by atoms with Gasteiger partial charge in [-0.15, -0.1) is 0 Å². The van der Waals surface area contributed by atoms with Gasteiger partial charge in [0.2, 0.25) is 0 Å². The number of rotatable bonds is 4. The summed E-state index contributed by atoms with van der Waals surface area (Å²) in [6.07, 6.45) is -1.13. The lowest BCUT2D eigenvalue weighted by Crippen LogP contribution is -2.42. The zero-order chi connectivity index (χ0) is 12.9. The molecule has 6 nitrogen and oxygen atoms in total. The Bertz CT molecular complexity index is 297. The summed E-state index contributed by atoms with van der Waals surface area (Å²) in [6, 6.07) is 0. The Morgan fingerprint density at radius 2 is 1.94 bits per heavy atom. The molecule has 2 unspecified atom stereocenters. The predicted octanol–water partition coefficient (Wildman–Crippen LogP) is 0.695. The Kier molecular flexibility index (Phi) is 5.60. The van der Waals surface area contributed by atoms with Crippen LogP contribution in [-0.4, -0.2) is 31.6 Å². The first-order valence-electron chi connectivity index (χ1n) is 4.69. The number of nitrogens with one attached hydrogen (secondary N) is 1. The smallest absolute Gasteiger partial charge is 0.408 e. The fraction of sp³-hybridized carbons (Fsp3) is 0.778. The van der Waals surface area contributed by atoms with Crippen molar-refractivity contribution in [2.75, 3.05) is 0 Å². The Morgan fingerprint density at radius 3 is 2.25 bits per heavy atom. The summed E-state index contributed by atoms with van der Waals surface area (Å²) in [7, 11) is 0. The Hall–Kier alpha value is -0.950. The predicted molar refractivity (Wildman–Crippen MR) is 57.4 cm³/mol. The maximum absolute atomic E-state index is 11.2. The first kappa shape index (κ1) is 15.0. The van der Waals surface area contributed by atoms with E-state index in [0.29, 0.717) is 0 Å². The average molecular weight is 250 g/mol. The number of hydrogen-bond donors (Lipinski definition) is 1. The van der Waals surface area contributed by atoms with Crippen molar-refractivity contribution in [2.24, 2.45) is 0 Å². The molecule has 0 aromatic carbocycles. The lowest BCUT2D eigenvalue weighted by atomic mass is 10.2. The molecule has 94 valence electrons. The molecule has 0 bridgehead atoms. The first-order chi connectivity index (χ1) is 7.11. The SMILES string of the molecule is CC(=O)CC(NC(=O)OC(C)(C)C)S(=O)[O-]. The summed E-state index contributed by atoms with van der Waals surface area (Å²) < 4.78 is 26.3. The molecule has 0 saturated carbocycles. The van der Waals surface area contributed by atoms with Crippen LogP contribution in [-0.2, 0) is 20.6 Å². The zero-order valence-corrected chi connectivity index (χ0v) is 10.6. The van der Waals surface area contributed by atoms with Gasteiger partial charge in [-0.3, -0.25) is 9.00 Å². The summed E-state index contributed by atoms with van der Waals surface area (Å²) in [5.41, 5.74) is -0.713. The van der Waals surface area contributed by atoms with E-state index in [0.717, 1.165) is 0 Å². The average Bonchev–Trinajstić information content (AvgIpc) is 1.97. The Balaban J connectivity index is 4.35. The molecule has 0 aromatic rings. The second kappa shape index (κ2) is 5.95. The van der Waals surface area contributed by atoms with Crippen LogP contribution in [0, 0.1) is 0 Å². The number of hydrogen-bond acceptors (Lipinski definition) is 5. The van der Waals surface area contributed by atoms with E-state index >= 15 is 0 Å². The largest absolute Gasteiger partial charge is 0.771 e. The highest BCUT2D eigenvalue weighted by molar-refractivity contribution is 7.79. The monoisotopic (exact) mass is 250 g/mol. The molecule has 1 N–H and O–H groups in total. The molecule has 0 fully saturated rings.